The van der Waals surface area contributed by atoms with Gasteiger partial charge in [-0.2, -0.15) is 13.2 Å². The topological polar surface area (TPSA) is 95.9 Å². The van der Waals surface area contributed by atoms with Crippen molar-refractivity contribution < 1.29 is 36.2 Å². The monoisotopic (exact) mass is 404 g/mol. The fourth-order valence-corrected chi connectivity index (χ4v) is 3.62. The minimum absolute atomic E-state index is 0.0237. The van der Waals surface area contributed by atoms with E-state index < -0.39 is 22.2 Å². The van der Waals surface area contributed by atoms with Gasteiger partial charge >= 0.3 is 12.1 Å². The SMILES string of the molecule is CC(C)N1CC[C@]2(CCC[C@H](CNS(C)(=O)=O)O2)C1.O=C(O)C(F)(F)F. The van der Waals surface area contributed by atoms with Gasteiger partial charge in [0.1, 0.15) is 0 Å². The number of likely N-dealkylation sites (tertiary alicyclic amines) is 1. The lowest BCUT2D eigenvalue weighted by Gasteiger charge is -2.39. The predicted molar refractivity (Wildman–Crippen MR) is 89.3 cm³/mol. The summed E-state index contributed by atoms with van der Waals surface area (Å²) in [5.41, 5.74) is -0.0353. The number of alkyl halides is 3. The zero-order valence-corrected chi connectivity index (χ0v) is 16.0. The average Bonchev–Trinajstić information content (AvgIpc) is 2.88. The molecular weight excluding hydrogens is 377 g/mol. The van der Waals surface area contributed by atoms with E-state index in [1.165, 1.54) is 6.26 Å². The summed E-state index contributed by atoms with van der Waals surface area (Å²) in [7, 11) is -3.12. The molecule has 0 unspecified atom stereocenters. The van der Waals surface area contributed by atoms with Gasteiger partial charge < -0.3 is 9.84 Å². The molecule has 2 saturated heterocycles. The number of nitrogens with zero attached hydrogens (tertiary/aromatic N) is 1. The van der Waals surface area contributed by atoms with Crippen LogP contribution in [0.4, 0.5) is 13.2 Å². The molecule has 0 aromatic rings. The minimum atomic E-state index is -5.08. The van der Waals surface area contributed by atoms with E-state index in [1.807, 2.05) is 0 Å². The first-order chi connectivity index (χ1) is 11.7. The molecule has 0 bridgehead atoms. The summed E-state index contributed by atoms with van der Waals surface area (Å²) < 4.78 is 62.9. The summed E-state index contributed by atoms with van der Waals surface area (Å²) in [5, 5.41) is 7.12. The van der Waals surface area contributed by atoms with Gasteiger partial charge in [0.05, 0.1) is 18.0 Å². The van der Waals surface area contributed by atoms with Crippen LogP contribution in [0.5, 0.6) is 0 Å². The highest BCUT2D eigenvalue weighted by Crippen LogP contribution is 2.37. The Labute approximate surface area is 151 Å². The normalized spacial score (nSPS) is 27.4. The van der Waals surface area contributed by atoms with Crippen LogP contribution >= 0.6 is 0 Å². The number of halogens is 3. The van der Waals surface area contributed by atoms with E-state index in [9.17, 15) is 21.6 Å². The minimum Gasteiger partial charge on any atom is -0.475 e. The summed E-state index contributed by atoms with van der Waals surface area (Å²) in [6.45, 7) is 6.90. The number of hydrogen-bond donors (Lipinski definition) is 2. The Kier molecular flexibility index (Phi) is 7.88. The third-order valence-electron chi connectivity index (χ3n) is 4.47. The summed E-state index contributed by atoms with van der Waals surface area (Å²) in [6, 6.07) is 0.553. The standard InChI is InChI=1S/C13H26N2O3S.C2HF3O2/c1-11(2)15-8-7-13(10-15)6-4-5-12(18-13)9-14-19(3,16)17;3-2(4,5)1(6)7/h11-12,14H,4-10H2,1-3H3;(H,6,7)/t12-,13-;/m1./s1. The molecule has 0 aromatic carbocycles. The largest absolute Gasteiger partial charge is 0.490 e. The maximum atomic E-state index is 11.2. The van der Waals surface area contributed by atoms with Crippen molar-refractivity contribution in [3.05, 3.63) is 0 Å². The van der Waals surface area contributed by atoms with E-state index in [2.05, 4.69) is 23.5 Å². The van der Waals surface area contributed by atoms with E-state index in [0.717, 1.165) is 38.8 Å². The quantitative estimate of drug-likeness (QED) is 0.739. The van der Waals surface area contributed by atoms with Crippen molar-refractivity contribution in [3.63, 3.8) is 0 Å². The molecule has 2 rings (SSSR count). The molecular formula is C15H27F3N2O5S. The molecule has 2 fully saturated rings. The zero-order valence-electron chi connectivity index (χ0n) is 15.2. The first-order valence-corrected chi connectivity index (χ1v) is 10.3. The number of rotatable bonds is 4. The van der Waals surface area contributed by atoms with Crippen LogP contribution in [0.2, 0.25) is 0 Å². The molecule has 2 atom stereocenters. The van der Waals surface area contributed by atoms with Crippen LogP contribution in [0.15, 0.2) is 0 Å². The number of sulfonamides is 1. The van der Waals surface area contributed by atoms with E-state index in [4.69, 9.17) is 14.6 Å². The van der Waals surface area contributed by atoms with Crippen molar-refractivity contribution >= 4 is 16.0 Å². The first-order valence-electron chi connectivity index (χ1n) is 8.41. The van der Waals surface area contributed by atoms with Gasteiger partial charge in [-0.15, -0.1) is 0 Å². The molecule has 2 aliphatic rings. The smallest absolute Gasteiger partial charge is 0.475 e. The molecule has 2 aliphatic heterocycles. The Balaban J connectivity index is 0.000000412. The number of carboxylic acid groups (broad SMARTS) is 1. The van der Waals surface area contributed by atoms with Gasteiger partial charge in [-0.25, -0.2) is 17.9 Å². The van der Waals surface area contributed by atoms with E-state index in [1.54, 1.807) is 0 Å². The Bertz CT molecular complexity index is 582. The molecule has 2 N–H and O–H groups in total. The van der Waals surface area contributed by atoms with Gasteiger partial charge in [-0.3, -0.25) is 4.90 Å². The van der Waals surface area contributed by atoms with Gasteiger partial charge in [-0.1, -0.05) is 0 Å². The van der Waals surface area contributed by atoms with Crippen LogP contribution in [0.25, 0.3) is 0 Å². The second kappa shape index (κ2) is 8.85. The lowest BCUT2D eigenvalue weighted by molar-refractivity contribution is -0.192. The van der Waals surface area contributed by atoms with Crippen molar-refractivity contribution in [2.75, 3.05) is 25.9 Å². The number of aliphatic carboxylic acids is 1. The van der Waals surface area contributed by atoms with E-state index in [-0.39, 0.29) is 11.7 Å². The highest BCUT2D eigenvalue weighted by Gasteiger charge is 2.43. The van der Waals surface area contributed by atoms with Crippen LogP contribution in [0.3, 0.4) is 0 Å². The van der Waals surface area contributed by atoms with Crippen molar-refractivity contribution in [3.8, 4) is 0 Å². The number of hydrogen-bond acceptors (Lipinski definition) is 5. The number of ether oxygens (including phenoxy) is 1. The fourth-order valence-electron chi connectivity index (χ4n) is 3.13. The summed E-state index contributed by atoms with van der Waals surface area (Å²) in [4.78, 5) is 11.3. The Morgan fingerprint density at radius 3 is 2.38 bits per heavy atom. The predicted octanol–water partition coefficient (Wildman–Crippen LogP) is 1.59. The van der Waals surface area contributed by atoms with E-state index >= 15 is 0 Å². The summed E-state index contributed by atoms with van der Waals surface area (Å²) >= 11 is 0. The van der Waals surface area contributed by atoms with Crippen molar-refractivity contribution in [2.45, 2.75) is 63.5 Å². The van der Waals surface area contributed by atoms with Crippen molar-refractivity contribution in [1.82, 2.24) is 9.62 Å². The average molecular weight is 404 g/mol. The molecule has 11 heteroatoms. The number of nitrogens with one attached hydrogen (secondary N) is 1. The van der Waals surface area contributed by atoms with E-state index in [0.29, 0.717) is 12.6 Å². The third kappa shape index (κ3) is 7.77. The van der Waals surface area contributed by atoms with Crippen LogP contribution in [-0.4, -0.2) is 74.2 Å². The second-order valence-corrected chi connectivity index (χ2v) is 8.89. The van der Waals surface area contributed by atoms with Crippen LogP contribution in [0.1, 0.15) is 39.5 Å². The lowest BCUT2D eigenvalue weighted by Crippen LogP contribution is -2.47. The van der Waals surface area contributed by atoms with Gasteiger partial charge in [0.25, 0.3) is 0 Å². The van der Waals surface area contributed by atoms with Crippen molar-refractivity contribution in [2.24, 2.45) is 0 Å². The molecule has 2 heterocycles. The van der Waals surface area contributed by atoms with Gasteiger partial charge in [-0.05, 0) is 39.5 Å². The van der Waals surface area contributed by atoms with Gasteiger partial charge in [0, 0.05) is 25.7 Å². The van der Waals surface area contributed by atoms with Crippen molar-refractivity contribution in [1.29, 1.82) is 0 Å². The molecule has 26 heavy (non-hydrogen) atoms. The zero-order chi connectivity index (χ0) is 20.2. The maximum absolute atomic E-state index is 11.2. The molecule has 0 saturated carbocycles. The third-order valence-corrected chi connectivity index (χ3v) is 5.16. The molecule has 0 radical (unpaired) electrons. The molecule has 7 nitrogen and oxygen atoms in total. The Hall–Kier alpha value is -0.910. The fraction of sp³-hybridized carbons (Fsp3) is 0.933. The Morgan fingerprint density at radius 2 is 1.96 bits per heavy atom. The summed E-state index contributed by atoms with van der Waals surface area (Å²) in [6.07, 6.45) is 0.387. The number of carboxylic acids is 1. The molecule has 0 amide bonds. The van der Waals surface area contributed by atoms with Gasteiger partial charge in [0.2, 0.25) is 10.0 Å². The summed E-state index contributed by atoms with van der Waals surface area (Å²) in [5.74, 6) is -2.76. The maximum Gasteiger partial charge on any atom is 0.490 e. The lowest BCUT2D eigenvalue weighted by atomic mass is 9.90. The highest BCUT2D eigenvalue weighted by atomic mass is 32.2. The van der Waals surface area contributed by atoms with Crippen LogP contribution < -0.4 is 4.72 Å². The van der Waals surface area contributed by atoms with Crippen LogP contribution in [-0.2, 0) is 19.6 Å². The first kappa shape index (κ1) is 23.1. The van der Waals surface area contributed by atoms with Crippen LogP contribution in [0, 0.1) is 0 Å². The molecule has 0 aliphatic carbocycles. The molecule has 1 spiro atoms. The molecule has 0 aromatic heterocycles. The second-order valence-electron chi connectivity index (χ2n) is 7.05. The molecule has 154 valence electrons. The highest BCUT2D eigenvalue weighted by molar-refractivity contribution is 7.88. The Morgan fingerprint density at radius 1 is 1.38 bits per heavy atom. The van der Waals surface area contributed by atoms with Gasteiger partial charge in [0.15, 0.2) is 0 Å². The number of carbonyl (C=O) groups is 1.